The van der Waals surface area contributed by atoms with Crippen LogP contribution in [-0.4, -0.2) is 28.8 Å². The van der Waals surface area contributed by atoms with Crippen molar-refractivity contribution in [3.05, 3.63) is 95.6 Å². The Morgan fingerprint density at radius 3 is 2.15 bits per heavy atom. The van der Waals surface area contributed by atoms with E-state index in [1.165, 1.54) is 11.8 Å². The van der Waals surface area contributed by atoms with Crippen LogP contribution in [0.1, 0.15) is 29.7 Å². The molecule has 0 radical (unpaired) electrons. The van der Waals surface area contributed by atoms with E-state index in [0.29, 0.717) is 16.9 Å². The SMILES string of the molecule is CC(=O)Nc1ccc(C2OC(=O)N(Cc3ccc(C)cc3)C2C(=O)Nc2ccccc2)cc1. The summed E-state index contributed by atoms with van der Waals surface area (Å²) < 4.78 is 5.69. The Kier molecular flexibility index (Phi) is 6.40. The molecule has 33 heavy (non-hydrogen) atoms. The fourth-order valence-electron chi connectivity index (χ4n) is 3.80. The van der Waals surface area contributed by atoms with Crippen molar-refractivity contribution in [2.75, 3.05) is 10.6 Å². The number of amides is 3. The molecule has 0 bridgehead atoms. The van der Waals surface area contributed by atoms with Gasteiger partial charge in [0, 0.05) is 18.3 Å². The molecule has 7 heteroatoms. The molecule has 4 rings (SSSR count). The number of anilines is 2. The summed E-state index contributed by atoms with van der Waals surface area (Å²) in [6, 6.07) is 23.0. The third-order valence-electron chi connectivity index (χ3n) is 5.43. The Hall–Kier alpha value is -4.13. The van der Waals surface area contributed by atoms with Crippen molar-refractivity contribution < 1.29 is 19.1 Å². The van der Waals surface area contributed by atoms with Gasteiger partial charge in [0.05, 0.1) is 6.54 Å². The number of para-hydroxylation sites is 1. The van der Waals surface area contributed by atoms with Crippen LogP contribution in [0.2, 0.25) is 0 Å². The summed E-state index contributed by atoms with van der Waals surface area (Å²) in [5.74, 6) is -0.519. The van der Waals surface area contributed by atoms with Crippen LogP contribution in [0.15, 0.2) is 78.9 Å². The molecule has 1 aliphatic heterocycles. The lowest BCUT2D eigenvalue weighted by molar-refractivity contribution is -0.121. The van der Waals surface area contributed by atoms with Crippen LogP contribution in [0.4, 0.5) is 16.2 Å². The van der Waals surface area contributed by atoms with Gasteiger partial charge in [-0.25, -0.2) is 4.79 Å². The van der Waals surface area contributed by atoms with Crippen LogP contribution >= 0.6 is 0 Å². The Morgan fingerprint density at radius 2 is 1.52 bits per heavy atom. The molecule has 0 spiro atoms. The third kappa shape index (κ3) is 5.20. The number of carbonyl (C=O) groups excluding carboxylic acids is 3. The summed E-state index contributed by atoms with van der Waals surface area (Å²) in [5.41, 5.74) is 3.93. The molecule has 3 aromatic rings. The Morgan fingerprint density at radius 1 is 0.879 bits per heavy atom. The molecule has 2 unspecified atom stereocenters. The number of nitrogens with one attached hydrogen (secondary N) is 2. The van der Waals surface area contributed by atoms with E-state index in [0.717, 1.165) is 11.1 Å². The van der Waals surface area contributed by atoms with Gasteiger partial charge < -0.3 is 15.4 Å². The number of hydrogen-bond donors (Lipinski definition) is 2. The molecular weight excluding hydrogens is 418 g/mol. The first-order valence-corrected chi connectivity index (χ1v) is 10.7. The van der Waals surface area contributed by atoms with Gasteiger partial charge >= 0.3 is 6.09 Å². The number of ether oxygens (including phenoxy) is 1. The molecule has 0 aromatic heterocycles. The molecule has 3 aromatic carbocycles. The van der Waals surface area contributed by atoms with Crippen molar-refractivity contribution in [1.29, 1.82) is 0 Å². The van der Waals surface area contributed by atoms with Crippen molar-refractivity contribution in [1.82, 2.24) is 4.90 Å². The minimum absolute atomic E-state index is 0.181. The highest BCUT2D eigenvalue weighted by molar-refractivity contribution is 5.98. The monoisotopic (exact) mass is 443 g/mol. The van der Waals surface area contributed by atoms with E-state index in [1.54, 1.807) is 36.4 Å². The zero-order valence-corrected chi connectivity index (χ0v) is 18.4. The predicted molar refractivity (Wildman–Crippen MR) is 126 cm³/mol. The largest absolute Gasteiger partial charge is 0.438 e. The van der Waals surface area contributed by atoms with Gasteiger partial charge in [0.15, 0.2) is 12.1 Å². The van der Waals surface area contributed by atoms with Gasteiger partial charge in [0.2, 0.25) is 5.91 Å². The van der Waals surface area contributed by atoms with Gasteiger partial charge in [-0.05, 0) is 42.3 Å². The summed E-state index contributed by atoms with van der Waals surface area (Å²) in [7, 11) is 0. The van der Waals surface area contributed by atoms with Crippen LogP contribution < -0.4 is 10.6 Å². The number of rotatable bonds is 6. The normalized spacial score (nSPS) is 17.4. The summed E-state index contributed by atoms with van der Waals surface area (Å²) in [6.45, 7) is 3.66. The van der Waals surface area contributed by atoms with Gasteiger partial charge in [-0.2, -0.15) is 0 Å². The van der Waals surface area contributed by atoms with E-state index in [2.05, 4.69) is 10.6 Å². The summed E-state index contributed by atoms with van der Waals surface area (Å²) in [5, 5.41) is 5.60. The summed E-state index contributed by atoms with van der Waals surface area (Å²) in [4.78, 5) is 39.0. The van der Waals surface area contributed by atoms with Crippen LogP contribution in [0.5, 0.6) is 0 Å². The van der Waals surface area contributed by atoms with Crippen molar-refractivity contribution in [2.24, 2.45) is 0 Å². The number of benzene rings is 3. The van der Waals surface area contributed by atoms with E-state index >= 15 is 0 Å². The maximum absolute atomic E-state index is 13.4. The lowest BCUT2D eigenvalue weighted by atomic mass is 10.00. The predicted octanol–water partition coefficient (Wildman–Crippen LogP) is 4.65. The van der Waals surface area contributed by atoms with E-state index < -0.39 is 18.2 Å². The summed E-state index contributed by atoms with van der Waals surface area (Å²) in [6.07, 6.45) is -1.35. The zero-order valence-electron chi connectivity index (χ0n) is 18.4. The zero-order chi connectivity index (χ0) is 23.4. The first kappa shape index (κ1) is 22.1. The highest BCUT2D eigenvalue weighted by atomic mass is 16.6. The average Bonchev–Trinajstić information content (AvgIpc) is 3.12. The Bertz CT molecular complexity index is 1140. The van der Waals surface area contributed by atoms with E-state index in [-0.39, 0.29) is 18.4 Å². The molecule has 3 amide bonds. The smallest absolute Gasteiger partial charge is 0.411 e. The highest BCUT2D eigenvalue weighted by Gasteiger charge is 2.47. The van der Waals surface area contributed by atoms with Gasteiger partial charge in [-0.15, -0.1) is 0 Å². The Labute approximate surface area is 192 Å². The fourth-order valence-corrected chi connectivity index (χ4v) is 3.80. The van der Waals surface area contributed by atoms with Crippen molar-refractivity contribution in [3.8, 4) is 0 Å². The molecular formula is C26H25N3O4. The minimum atomic E-state index is -0.870. The molecule has 0 saturated carbocycles. The first-order chi connectivity index (χ1) is 15.9. The van der Waals surface area contributed by atoms with E-state index in [4.69, 9.17) is 4.74 Å². The van der Waals surface area contributed by atoms with Crippen molar-refractivity contribution in [2.45, 2.75) is 32.5 Å². The fraction of sp³-hybridized carbons (Fsp3) is 0.192. The molecule has 1 saturated heterocycles. The van der Waals surface area contributed by atoms with E-state index in [1.807, 2.05) is 49.4 Å². The second-order valence-electron chi connectivity index (χ2n) is 8.02. The molecule has 2 atom stereocenters. The van der Waals surface area contributed by atoms with Gasteiger partial charge in [0.25, 0.3) is 5.91 Å². The number of hydrogen-bond acceptors (Lipinski definition) is 4. The summed E-state index contributed by atoms with van der Waals surface area (Å²) >= 11 is 0. The van der Waals surface area contributed by atoms with Crippen LogP contribution in [0, 0.1) is 6.92 Å². The van der Waals surface area contributed by atoms with Crippen LogP contribution in [0.3, 0.4) is 0 Å². The highest BCUT2D eigenvalue weighted by Crippen LogP contribution is 2.35. The molecule has 7 nitrogen and oxygen atoms in total. The lowest BCUT2D eigenvalue weighted by Gasteiger charge is -2.24. The quantitative estimate of drug-likeness (QED) is 0.580. The molecule has 1 aliphatic rings. The van der Waals surface area contributed by atoms with Crippen molar-refractivity contribution >= 4 is 29.3 Å². The van der Waals surface area contributed by atoms with Crippen LogP contribution in [-0.2, 0) is 20.9 Å². The number of cyclic esters (lactones) is 1. The third-order valence-corrected chi connectivity index (χ3v) is 5.43. The van der Waals surface area contributed by atoms with E-state index in [9.17, 15) is 14.4 Å². The minimum Gasteiger partial charge on any atom is -0.438 e. The van der Waals surface area contributed by atoms with Gasteiger partial charge in [0.1, 0.15) is 0 Å². The van der Waals surface area contributed by atoms with Gasteiger partial charge in [-0.3, -0.25) is 14.5 Å². The molecule has 1 heterocycles. The number of carbonyl (C=O) groups is 3. The second-order valence-corrected chi connectivity index (χ2v) is 8.02. The number of nitrogens with zero attached hydrogens (tertiary/aromatic N) is 1. The molecule has 2 N–H and O–H groups in total. The number of aryl methyl sites for hydroxylation is 1. The topological polar surface area (TPSA) is 87.7 Å². The second kappa shape index (κ2) is 9.56. The molecule has 168 valence electrons. The first-order valence-electron chi connectivity index (χ1n) is 10.7. The molecule has 0 aliphatic carbocycles. The molecule has 1 fully saturated rings. The maximum Gasteiger partial charge on any atom is 0.411 e. The Balaban J connectivity index is 1.63. The average molecular weight is 444 g/mol. The standard InChI is InChI=1S/C26H25N3O4/c1-17-8-10-19(11-9-17)16-29-23(25(31)28-21-6-4-3-5-7-21)24(33-26(29)32)20-12-14-22(15-13-20)27-18(2)30/h3-15,23-24H,16H2,1-2H3,(H,27,30)(H,28,31). The maximum atomic E-state index is 13.4. The van der Waals surface area contributed by atoms with Crippen LogP contribution in [0.25, 0.3) is 0 Å². The van der Waals surface area contributed by atoms with Gasteiger partial charge in [-0.1, -0.05) is 60.2 Å². The van der Waals surface area contributed by atoms with Crippen molar-refractivity contribution in [3.63, 3.8) is 0 Å². The lowest BCUT2D eigenvalue weighted by Crippen LogP contribution is -2.43.